The van der Waals surface area contributed by atoms with E-state index in [0.29, 0.717) is 0 Å². The summed E-state index contributed by atoms with van der Waals surface area (Å²) in [5.41, 5.74) is 0. The van der Waals surface area contributed by atoms with Crippen LogP contribution in [0.2, 0.25) is 0 Å². The van der Waals surface area contributed by atoms with Crippen LogP contribution in [0.3, 0.4) is 0 Å². The molecule has 6 heavy (non-hydrogen) atoms. The third-order valence-corrected chi connectivity index (χ3v) is 2.24. The normalized spacial score (nSPS) is 25.5. The fourth-order valence-corrected chi connectivity index (χ4v) is 1.43. The summed E-state index contributed by atoms with van der Waals surface area (Å²) < 4.78 is 0.961. The minimum atomic E-state index is 0.961. The lowest BCUT2D eigenvalue weighted by atomic mass is 10.4. The van der Waals surface area contributed by atoms with Crippen molar-refractivity contribution in [1.29, 1.82) is 0 Å². The first-order chi connectivity index (χ1) is 2.89. The lowest BCUT2D eigenvalue weighted by molar-refractivity contribution is 0.937. The van der Waals surface area contributed by atoms with E-state index >= 15 is 0 Å². The monoisotopic (exact) mass is 195 g/mol. The van der Waals surface area contributed by atoms with Gasteiger partial charge < -0.3 is 0 Å². The summed E-state index contributed by atoms with van der Waals surface area (Å²) in [6.07, 6.45) is 6.49. The van der Waals surface area contributed by atoms with Gasteiger partial charge in [0.25, 0.3) is 0 Å². The maximum absolute atomic E-state index is 2.50. The highest BCUT2D eigenvalue weighted by Crippen LogP contribution is 2.23. The zero-order chi connectivity index (χ0) is 4.41. The van der Waals surface area contributed by atoms with Gasteiger partial charge in [0.2, 0.25) is 0 Å². The molecule has 0 heterocycles. The van der Waals surface area contributed by atoms with Gasteiger partial charge in [-0.05, 0) is 25.7 Å². The third-order valence-electron chi connectivity index (χ3n) is 1.11. The van der Waals surface area contributed by atoms with Crippen molar-refractivity contribution in [3.05, 3.63) is 6.42 Å². The Hall–Kier alpha value is 0.730. The molecule has 1 unspecified atom stereocenters. The largest absolute Gasteiger partial charge is 0.0826 e. The Morgan fingerprint density at radius 2 is 2.50 bits per heavy atom. The Labute approximate surface area is 52.5 Å². The zero-order valence-electron chi connectivity index (χ0n) is 3.65. The summed E-state index contributed by atoms with van der Waals surface area (Å²) in [6, 6.07) is 0. The molecule has 0 saturated heterocycles. The standard InChI is InChI=1S/C5H8I/c6-5-3-1-2-4-5/h1,5H,2-4H2. The van der Waals surface area contributed by atoms with Crippen LogP contribution < -0.4 is 0 Å². The number of alkyl halides is 1. The highest BCUT2D eigenvalue weighted by Gasteiger charge is 2.09. The molecular formula is C5H8I. The SMILES string of the molecule is IC1C[CH]CC1. The topological polar surface area (TPSA) is 0 Å². The summed E-state index contributed by atoms with van der Waals surface area (Å²) >= 11 is 2.50. The maximum Gasteiger partial charge on any atom is 0.0112 e. The molecule has 1 heteroatoms. The highest BCUT2D eigenvalue weighted by molar-refractivity contribution is 14.1. The molecule has 0 spiro atoms. The molecule has 0 aromatic rings. The van der Waals surface area contributed by atoms with E-state index in [0.717, 1.165) is 3.92 Å². The van der Waals surface area contributed by atoms with Gasteiger partial charge in [-0.25, -0.2) is 0 Å². The van der Waals surface area contributed by atoms with Gasteiger partial charge in [-0.3, -0.25) is 0 Å². The van der Waals surface area contributed by atoms with Gasteiger partial charge >= 0.3 is 0 Å². The zero-order valence-corrected chi connectivity index (χ0v) is 5.81. The van der Waals surface area contributed by atoms with Crippen LogP contribution in [0.4, 0.5) is 0 Å². The summed E-state index contributed by atoms with van der Waals surface area (Å²) in [7, 11) is 0. The van der Waals surface area contributed by atoms with Gasteiger partial charge in [0, 0.05) is 3.92 Å². The van der Waals surface area contributed by atoms with Gasteiger partial charge in [-0.2, -0.15) is 0 Å². The van der Waals surface area contributed by atoms with Crippen LogP contribution in [-0.4, -0.2) is 3.92 Å². The fourth-order valence-electron chi connectivity index (χ4n) is 0.715. The summed E-state index contributed by atoms with van der Waals surface area (Å²) in [5, 5.41) is 0. The molecule has 1 atom stereocenters. The Balaban J connectivity index is 2.18. The van der Waals surface area contributed by atoms with Crippen molar-refractivity contribution in [2.45, 2.75) is 23.2 Å². The molecule has 1 radical (unpaired) electrons. The number of rotatable bonds is 0. The quantitative estimate of drug-likeness (QED) is 0.410. The van der Waals surface area contributed by atoms with Crippen molar-refractivity contribution in [1.82, 2.24) is 0 Å². The fraction of sp³-hybridized carbons (Fsp3) is 0.800. The van der Waals surface area contributed by atoms with E-state index in [9.17, 15) is 0 Å². The summed E-state index contributed by atoms with van der Waals surface area (Å²) in [4.78, 5) is 0. The van der Waals surface area contributed by atoms with Crippen LogP contribution in [0.25, 0.3) is 0 Å². The second-order valence-corrected chi connectivity index (χ2v) is 3.46. The van der Waals surface area contributed by atoms with E-state index < -0.39 is 0 Å². The second kappa shape index (κ2) is 2.15. The lowest BCUT2D eigenvalue weighted by Crippen LogP contribution is -1.81. The first-order valence-corrected chi connectivity index (χ1v) is 3.60. The van der Waals surface area contributed by atoms with E-state index in [-0.39, 0.29) is 0 Å². The van der Waals surface area contributed by atoms with Crippen molar-refractivity contribution >= 4 is 22.6 Å². The van der Waals surface area contributed by atoms with Crippen molar-refractivity contribution in [3.63, 3.8) is 0 Å². The molecule has 0 N–H and O–H groups in total. The van der Waals surface area contributed by atoms with E-state index in [4.69, 9.17) is 0 Å². The highest BCUT2D eigenvalue weighted by atomic mass is 127. The molecule has 1 rings (SSSR count). The predicted molar refractivity (Wildman–Crippen MR) is 36.0 cm³/mol. The molecular weight excluding hydrogens is 187 g/mol. The van der Waals surface area contributed by atoms with Crippen molar-refractivity contribution < 1.29 is 0 Å². The van der Waals surface area contributed by atoms with Crippen molar-refractivity contribution in [2.24, 2.45) is 0 Å². The Kier molecular flexibility index (Phi) is 1.74. The molecule has 0 nitrogen and oxygen atoms in total. The average Bonchev–Trinajstić information content (AvgIpc) is 1.86. The molecule has 0 aromatic heterocycles. The first-order valence-electron chi connectivity index (χ1n) is 2.35. The molecule has 0 aliphatic heterocycles. The Morgan fingerprint density at radius 3 is 2.67 bits per heavy atom. The molecule has 35 valence electrons. The van der Waals surface area contributed by atoms with E-state index in [2.05, 4.69) is 29.0 Å². The van der Waals surface area contributed by atoms with Gasteiger partial charge in [0.15, 0.2) is 0 Å². The molecule has 0 bridgehead atoms. The van der Waals surface area contributed by atoms with Crippen molar-refractivity contribution in [2.75, 3.05) is 0 Å². The molecule has 1 aliphatic carbocycles. The van der Waals surface area contributed by atoms with Gasteiger partial charge in [0.05, 0.1) is 0 Å². The number of halogens is 1. The minimum absolute atomic E-state index is 0.961. The summed E-state index contributed by atoms with van der Waals surface area (Å²) in [6.45, 7) is 0. The third kappa shape index (κ3) is 1.10. The van der Waals surface area contributed by atoms with E-state index in [1.807, 2.05) is 0 Å². The van der Waals surface area contributed by atoms with Crippen LogP contribution in [0.5, 0.6) is 0 Å². The minimum Gasteiger partial charge on any atom is -0.0826 e. The van der Waals surface area contributed by atoms with Gasteiger partial charge in [0.1, 0.15) is 0 Å². The average molecular weight is 195 g/mol. The van der Waals surface area contributed by atoms with E-state index in [1.54, 1.807) is 0 Å². The maximum atomic E-state index is 2.50. The Bertz CT molecular complexity index is 37.2. The van der Waals surface area contributed by atoms with Crippen LogP contribution in [0.1, 0.15) is 19.3 Å². The first kappa shape index (κ1) is 4.88. The smallest absolute Gasteiger partial charge is 0.0112 e. The van der Waals surface area contributed by atoms with Crippen LogP contribution >= 0.6 is 22.6 Å². The van der Waals surface area contributed by atoms with Crippen LogP contribution in [0, 0.1) is 6.42 Å². The number of hydrogen-bond donors (Lipinski definition) is 0. The van der Waals surface area contributed by atoms with E-state index in [1.165, 1.54) is 19.3 Å². The number of hydrogen-bond acceptors (Lipinski definition) is 0. The Morgan fingerprint density at radius 1 is 1.67 bits per heavy atom. The van der Waals surface area contributed by atoms with Gasteiger partial charge in [-0.1, -0.05) is 22.6 Å². The second-order valence-electron chi connectivity index (χ2n) is 1.70. The molecule has 1 fully saturated rings. The molecule has 1 saturated carbocycles. The van der Waals surface area contributed by atoms with Crippen molar-refractivity contribution in [3.8, 4) is 0 Å². The van der Waals surface area contributed by atoms with Crippen LogP contribution in [-0.2, 0) is 0 Å². The molecule has 0 amide bonds. The summed E-state index contributed by atoms with van der Waals surface area (Å²) in [5.74, 6) is 0. The predicted octanol–water partition coefficient (Wildman–Crippen LogP) is 2.18. The lowest BCUT2D eigenvalue weighted by Gasteiger charge is -1.88. The van der Waals surface area contributed by atoms with Gasteiger partial charge in [-0.15, -0.1) is 0 Å². The molecule has 1 aliphatic rings. The van der Waals surface area contributed by atoms with Crippen LogP contribution in [0.15, 0.2) is 0 Å². The molecule has 0 aromatic carbocycles.